The Bertz CT molecular complexity index is 1050. The van der Waals surface area contributed by atoms with E-state index in [2.05, 4.69) is 5.32 Å². The minimum absolute atomic E-state index is 0.220. The maximum atomic E-state index is 12.1. The summed E-state index contributed by atoms with van der Waals surface area (Å²) in [6.45, 7) is 4.30. The molecule has 33 heavy (non-hydrogen) atoms. The summed E-state index contributed by atoms with van der Waals surface area (Å²) in [6.07, 6.45) is 0.258. The molecule has 0 radical (unpaired) electrons. The molecule has 3 rings (SSSR count). The Kier molecular flexibility index (Phi) is 8.47. The molecule has 0 fully saturated rings. The summed E-state index contributed by atoms with van der Waals surface area (Å²) < 4.78 is 12.1. The van der Waals surface area contributed by atoms with Gasteiger partial charge in [-0.1, -0.05) is 80.6 Å². The van der Waals surface area contributed by atoms with Crippen LogP contribution in [0.15, 0.2) is 78.9 Å². The van der Waals surface area contributed by atoms with Crippen LogP contribution in [0.5, 0.6) is 11.5 Å². The van der Waals surface area contributed by atoms with Crippen LogP contribution in [0.1, 0.15) is 30.5 Å². The highest BCUT2D eigenvalue weighted by Crippen LogP contribution is 2.30. The molecule has 3 aromatic carbocycles. The Hall–Kier alpha value is -3.80. The number of nitrogens with one attached hydrogen (secondary N) is 1. The number of nitrogens with two attached hydrogens (primary N) is 1. The molecular weight excluding hydrogens is 416 g/mol. The second-order valence-corrected chi connectivity index (χ2v) is 8.15. The van der Waals surface area contributed by atoms with Crippen LogP contribution in [-0.4, -0.2) is 17.9 Å². The summed E-state index contributed by atoms with van der Waals surface area (Å²) in [5.74, 6) is 0.110. The van der Waals surface area contributed by atoms with Crippen LogP contribution in [-0.2, 0) is 29.2 Å². The molecule has 6 nitrogen and oxygen atoms in total. The second kappa shape index (κ2) is 11.7. The van der Waals surface area contributed by atoms with Crippen molar-refractivity contribution < 1.29 is 19.1 Å². The largest absolute Gasteiger partial charge is 0.485 e. The fraction of sp³-hybridized carbons (Fsp3) is 0.259. The molecule has 0 aliphatic heterocycles. The highest BCUT2D eigenvalue weighted by molar-refractivity contribution is 5.87. The molecule has 2 amide bonds. The highest BCUT2D eigenvalue weighted by atomic mass is 16.5. The van der Waals surface area contributed by atoms with Crippen LogP contribution in [0, 0.1) is 5.92 Å². The third kappa shape index (κ3) is 7.38. The van der Waals surface area contributed by atoms with Gasteiger partial charge in [0.05, 0.1) is 0 Å². The minimum Gasteiger partial charge on any atom is -0.485 e. The van der Waals surface area contributed by atoms with Crippen molar-refractivity contribution in [1.29, 1.82) is 0 Å². The Morgan fingerprint density at radius 1 is 0.788 bits per heavy atom. The number of hydrogen-bond donors (Lipinski definition) is 2. The quantitative estimate of drug-likeness (QED) is 0.466. The van der Waals surface area contributed by atoms with Gasteiger partial charge in [0, 0.05) is 12.3 Å². The molecule has 0 aliphatic rings. The normalized spacial score (nSPS) is 11.6. The molecule has 0 heterocycles. The molecular formula is C27H30N2O4. The lowest BCUT2D eigenvalue weighted by Crippen LogP contribution is -2.47. The van der Waals surface area contributed by atoms with Crippen molar-refractivity contribution in [1.82, 2.24) is 5.32 Å². The van der Waals surface area contributed by atoms with Gasteiger partial charge in [-0.05, 0) is 28.8 Å². The molecule has 0 saturated heterocycles. The summed E-state index contributed by atoms with van der Waals surface area (Å²) in [7, 11) is 0. The van der Waals surface area contributed by atoms with E-state index >= 15 is 0 Å². The monoisotopic (exact) mass is 446 g/mol. The van der Waals surface area contributed by atoms with Crippen LogP contribution < -0.4 is 20.5 Å². The molecule has 0 unspecified atom stereocenters. The molecule has 0 aliphatic carbocycles. The fourth-order valence-electron chi connectivity index (χ4n) is 3.18. The Labute approximate surface area is 194 Å². The van der Waals surface area contributed by atoms with Gasteiger partial charge < -0.3 is 20.5 Å². The summed E-state index contributed by atoms with van der Waals surface area (Å²) in [5.41, 5.74) is 8.41. The van der Waals surface area contributed by atoms with Crippen LogP contribution in [0.3, 0.4) is 0 Å². The number of primary amides is 1. The van der Waals surface area contributed by atoms with Crippen LogP contribution in [0.25, 0.3) is 0 Å². The van der Waals surface area contributed by atoms with Crippen molar-refractivity contribution in [3.63, 3.8) is 0 Å². The number of carbonyl (C=O) groups excluding carboxylic acids is 2. The SMILES string of the molecule is CC(C)C(=O)N[C@H](Cc1ccc(OCc2ccccc2)c(OCc2ccccc2)c1)C(N)=O. The zero-order chi connectivity index (χ0) is 23.6. The molecule has 3 N–H and O–H groups in total. The first kappa shape index (κ1) is 23.9. The van der Waals surface area contributed by atoms with E-state index in [1.54, 1.807) is 13.8 Å². The van der Waals surface area contributed by atoms with E-state index < -0.39 is 11.9 Å². The first-order valence-corrected chi connectivity index (χ1v) is 11.0. The fourth-order valence-corrected chi connectivity index (χ4v) is 3.18. The lowest BCUT2D eigenvalue weighted by atomic mass is 10.0. The van der Waals surface area contributed by atoms with E-state index in [1.807, 2.05) is 78.9 Å². The number of benzene rings is 3. The van der Waals surface area contributed by atoms with Gasteiger partial charge >= 0.3 is 0 Å². The summed E-state index contributed by atoms with van der Waals surface area (Å²) in [6, 6.07) is 24.4. The molecule has 1 atom stereocenters. The van der Waals surface area contributed by atoms with Gasteiger partial charge in [-0.15, -0.1) is 0 Å². The van der Waals surface area contributed by atoms with Crippen molar-refractivity contribution in [2.45, 2.75) is 39.5 Å². The van der Waals surface area contributed by atoms with E-state index in [9.17, 15) is 9.59 Å². The van der Waals surface area contributed by atoms with E-state index in [0.29, 0.717) is 24.7 Å². The first-order chi connectivity index (χ1) is 15.9. The van der Waals surface area contributed by atoms with Crippen molar-refractivity contribution in [3.8, 4) is 11.5 Å². The lowest BCUT2D eigenvalue weighted by molar-refractivity contribution is -0.129. The number of carbonyl (C=O) groups is 2. The summed E-state index contributed by atoms with van der Waals surface area (Å²) >= 11 is 0. The average molecular weight is 447 g/mol. The van der Waals surface area contributed by atoms with Gasteiger partial charge in [0.2, 0.25) is 11.8 Å². The van der Waals surface area contributed by atoms with E-state index in [1.165, 1.54) is 0 Å². The number of rotatable bonds is 11. The zero-order valence-electron chi connectivity index (χ0n) is 19.0. The lowest BCUT2D eigenvalue weighted by Gasteiger charge is -2.19. The van der Waals surface area contributed by atoms with E-state index in [0.717, 1.165) is 16.7 Å². The molecule has 172 valence electrons. The maximum Gasteiger partial charge on any atom is 0.240 e. The van der Waals surface area contributed by atoms with Gasteiger partial charge in [0.25, 0.3) is 0 Å². The predicted molar refractivity (Wildman–Crippen MR) is 128 cm³/mol. The smallest absolute Gasteiger partial charge is 0.240 e. The maximum absolute atomic E-state index is 12.1. The van der Waals surface area contributed by atoms with Crippen molar-refractivity contribution >= 4 is 11.8 Å². The topological polar surface area (TPSA) is 90.7 Å². The summed E-state index contributed by atoms with van der Waals surface area (Å²) in [4.78, 5) is 24.0. The third-order valence-electron chi connectivity index (χ3n) is 5.11. The number of ether oxygens (including phenoxy) is 2. The number of amides is 2. The van der Waals surface area contributed by atoms with Gasteiger partial charge in [0.15, 0.2) is 11.5 Å². The van der Waals surface area contributed by atoms with Crippen LogP contribution in [0.2, 0.25) is 0 Å². The second-order valence-electron chi connectivity index (χ2n) is 8.15. The van der Waals surface area contributed by atoms with Crippen molar-refractivity contribution in [2.24, 2.45) is 11.7 Å². The molecule has 0 saturated carbocycles. The Morgan fingerprint density at radius 2 is 1.33 bits per heavy atom. The van der Waals surface area contributed by atoms with E-state index in [-0.39, 0.29) is 18.2 Å². The van der Waals surface area contributed by atoms with Gasteiger partial charge in [-0.2, -0.15) is 0 Å². The van der Waals surface area contributed by atoms with Gasteiger partial charge in [-0.3, -0.25) is 9.59 Å². The molecule has 0 spiro atoms. The minimum atomic E-state index is -0.807. The zero-order valence-corrected chi connectivity index (χ0v) is 19.0. The molecule has 3 aromatic rings. The van der Waals surface area contributed by atoms with E-state index in [4.69, 9.17) is 15.2 Å². The molecule has 0 aromatic heterocycles. The van der Waals surface area contributed by atoms with Gasteiger partial charge in [-0.25, -0.2) is 0 Å². The van der Waals surface area contributed by atoms with Crippen LogP contribution >= 0.6 is 0 Å². The Morgan fingerprint density at radius 3 is 1.85 bits per heavy atom. The average Bonchev–Trinajstić information content (AvgIpc) is 2.82. The number of hydrogen-bond acceptors (Lipinski definition) is 4. The summed E-state index contributed by atoms with van der Waals surface area (Å²) in [5, 5.41) is 2.72. The van der Waals surface area contributed by atoms with Gasteiger partial charge in [0.1, 0.15) is 19.3 Å². The predicted octanol–water partition coefficient (Wildman–Crippen LogP) is 4.01. The van der Waals surface area contributed by atoms with Crippen molar-refractivity contribution in [2.75, 3.05) is 0 Å². The first-order valence-electron chi connectivity index (χ1n) is 11.0. The van der Waals surface area contributed by atoms with Crippen LogP contribution in [0.4, 0.5) is 0 Å². The standard InChI is InChI=1S/C27H30N2O4/c1-19(2)27(31)29-23(26(28)30)15-22-13-14-24(32-17-20-9-5-3-6-10-20)25(16-22)33-18-21-11-7-4-8-12-21/h3-14,16,19,23H,15,17-18H2,1-2H3,(H2,28,30)(H,29,31)/t23-/m1/s1. The highest BCUT2D eigenvalue weighted by Gasteiger charge is 2.21. The molecule has 0 bridgehead atoms. The van der Waals surface area contributed by atoms with Crippen molar-refractivity contribution in [3.05, 3.63) is 95.6 Å². The molecule has 6 heteroatoms. The Balaban J connectivity index is 1.79. The third-order valence-corrected chi connectivity index (χ3v) is 5.11.